The molecular weight excluding hydrogens is 373 g/mol. The van der Waals surface area contributed by atoms with Crippen molar-refractivity contribution in [3.05, 3.63) is 43.8 Å². The molecular formula is C15H13BrFNOS2. The van der Waals surface area contributed by atoms with E-state index in [0.29, 0.717) is 16.1 Å². The van der Waals surface area contributed by atoms with Crippen molar-refractivity contribution < 1.29 is 9.18 Å². The van der Waals surface area contributed by atoms with E-state index >= 15 is 0 Å². The Hall–Kier alpha value is -0.850. The molecule has 3 rings (SSSR count). The van der Waals surface area contributed by atoms with Crippen LogP contribution >= 0.6 is 39.9 Å². The molecule has 6 heteroatoms. The fraction of sp³-hybridized carbons (Fsp3) is 0.267. The van der Waals surface area contributed by atoms with Gasteiger partial charge in [0.25, 0.3) is 5.91 Å². The van der Waals surface area contributed by atoms with Gasteiger partial charge < -0.3 is 5.32 Å². The quantitative estimate of drug-likeness (QED) is 0.694. The average molecular weight is 386 g/mol. The molecule has 2 aromatic rings. The number of benzene rings is 1. The molecule has 1 N–H and O–H groups in total. The minimum absolute atomic E-state index is 0.164. The number of aryl methyl sites for hydroxylation is 1. The number of nitrogens with one attached hydrogen (secondary N) is 1. The minimum Gasteiger partial charge on any atom is -0.321 e. The number of amides is 1. The number of hydrogen-bond acceptors (Lipinski definition) is 3. The van der Waals surface area contributed by atoms with Crippen LogP contribution in [0.1, 0.15) is 33.6 Å². The van der Waals surface area contributed by atoms with Crippen LogP contribution in [0.5, 0.6) is 0 Å². The van der Waals surface area contributed by atoms with Crippen molar-refractivity contribution in [3.63, 3.8) is 0 Å². The Morgan fingerprint density at radius 3 is 2.86 bits per heavy atom. The largest absolute Gasteiger partial charge is 0.321 e. The summed E-state index contributed by atoms with van der Waals surface area (Å²) in [5.41, 5.74) is 2.39. The van der Waals surface area contributed by atoms with Crippen molar-refractivity contribution in [1.82, 2.24) is 0 Å². The zero-order valence-electron chi connectivity index (χ0n) is 11.1. The smallest absolute Gasteiger partial charge is 0.257 e. The van der Waals surface area contributed by atoms with Gasteiger partial charge in [-0.3, -0.25) is 4.79 Å². The molecule has 0 saturated heterocycles. The van der Waals surface area contributed by atoms with Crippen molar-refractivity contribution in [2.75, 3.05) is 5.32 Å². The maximum Gasteiger partial charge on any atom is 0.257 e. The van der Waals surface area contributed by atoms with Gasteiger partial charge >= 0.3 is 0 Å². The van der Waals surface area contributed by atoms with Gasteiger partial charge in [0.05, 0.1) is 15.0 Å². The summed E-state index contributed by atoms with van der Waals surface area (Å²) < 4.78 is 14.0. The van der Waals surface area contributed by atoms with Gasteiger partial charge in [0.15, 0.2) is 0 Å². The van der Waals surface area contributed by atoms with Crippen LogP contribution in [0.3, 0.4) is 0 Å². The maximum atomic E-state index is 13.1. The molecule has 1 amide bonds. The SMILES string of the molecule is O=C(Nc1ccc(F)cc1S)c1c(Br)sc2c1CCCC2. The molecule has 0 radical (unpaired) electrons. The molecule has 1 aliphatic rings. The first-order chi connectivity index (χ1) is 10.1. The lowest BCUT2D eigenvalue weighted by atomic mass is 9.95. The van der Waals surface area contributed by atoms with E-state index in [4.69, 9.17) is 0 Å². The summed E-state index contributed by atoms with van der Waals surface area (Å²) in [6.07, 6.45) is 4.28. The van der Waals surface area contributed by atoms with Gasteiger partial charge in [-0.25, -0.2) is 4.39 Å². The Morgan fingerprint density at radius 1 is 1.33 bits per heavy atom. The molecule has 0 bridgehead atoms. The first-order valence-corrected chi connectivity index (χ1v) is 8.72. The summed E-state index contributed by atoms with van der Waals surface area (Å²) >= 11 is 9.34. The zero-order valence-corrected chi connectivity index (χ0v) is 14.4. The molecule has 0 fully saturated rings. The first-order valence-electron chi connectivity index (χ1n) is 6.66. The number of thiol groups is 1. The van der Waals surface area contributed by atoms with Gasteiger partial charge in [-0.05, 0) is 65.4 Å². The van der Waals surface area contributed by atoms with Crippen molar-refractivity contribution in [1.29, 1.82) is 0 Å². The summed E-state index contributed by atoms with van der Waals surface area (Å²) in [4.78, 5) is 14.3. The van der Waals surface area contributed by atoms with Crippen LogP contribution in [0, 0.1) is 5.82 Å². The highest BCUT2D eigenvalue weighted by molar-refractivity contribution is 9.11. The highest BCUT2D eigenvalue weighted by Crippen LogP contribution is 2.38. The lowest BCUT2D eigenvalue weighted by Gasteiger charge is -2.13. The van der Waals surface area contributed by atoms with E-state index in [1.807, 2.05) is 0 Å². The van der Waals surface area contributed by atoms with Crippen molar-refractivity contribution in [3.8, 4) is 0 Å². The number of rotatable bonds is 2. The second-order valence-electron chi connectivity index (χ2n) is 4.98. The monoisotopic (exact) mass is 385 g/mol. The van der Waals surface area contributed by atoms with Gasteiger partial charge in [0.2, 0.25) is 0 Å². The van der Waals surface area contributed by atoms with Crippen LogP contribution in [-0.2, 0) is 12.8 Å². The molecule has 21 heavy (non-hydrogen) atoms. The van der Waals surface area contributed by atoms with Crippen molar-refractivity contribution in [2.45, 2.75) is 30.6 Å². The van der Waals surface area contributed by atoms with Crippen molar-refractivity contribution >= 4 is 51.5 Å². The molecule has 1 aromatic carbocycles. The fourth-order valence-electron chi connectivity index (χ4n) is 2.55. The molecule has 2 nitrogen and oxygen atoms in total. The topological polar surface area (TPSA) is 29.1 Å². The summed E-state index contributed by atoms with van der Waals surface area (Å²) in [6, 6.07) is 4.13. The first kappa shape index (κ1) is 15.1. The fourth-order valence-corrected chi connectivity index (χ4v) is 4.92. The molecule has 1 heterocycles. The second-order valence-corrected chi connectivity index (χ2v) is 7.88. The number of fused-ring (bicyclic) bond motifs is 1. The third-order valence-corrected chi connectivity index (χ3v) is 5.90. The summed E-state index contributed by atoms with van der Waals surface area (Å²) in [6.45, 7) is 0. The van der Waals surface area contributed by atoms with E-state index in [-0.39, 0.29) is 11.7 Å². The normalized spacial score (nSPS) is 13.9. The highest BCUT2D eigenvalue weighted by atomic mass is 79.9. The van der Waals surface area contributed by atoms with E-state index in [1.165, 1.54) is 29.5 Å². The minimum atomic E-state index is -0.368. The van der Waals surface area contributed by atoms with Crippen LogP contribution in [0.4, 0.5) is 10.1 Å². The molecule has 1 aromatic heterocycles. The number of halogens is 2. The Morgan fingerprint density at radius 2 is 2.10 bits per heavy atom. The van der Waals surface area contributed by atoms with Crippen LogP contribution in [0.25, 0.3) is 0 Å². The Kier molecular flexibility index (Phi) is 4.38. The van der Waals surface area contributed by atoms with E-state index < -0.39 is 0 Å². The molecule has 110 valence electrons. The van der Waals surface area contributed by atoms with Crippen LogP contribution in [-0.4, -0.2) is 5.91 Å². The predicted octanol–water partition coefficient (Wildman–Crippen LogP) is 5.07. The van der Waals surface area contributed by atoms with Gasteiger partial charge in [0, 0.05) is 9.77 Å². The van der Waals surface area contributed by atoms with E-state index in [9.17, 15) is 9.18 Å². The number of carbonyl (C=O) groups excluding carboxylic acids is 1. The van der Waals surface area contributed by atoms with E-state index in [2.05, 4.69) is 33.9 Å². The standard InChI is InChI=1S/C15H13BrFNOS2/c16-14-13(9-3-1-2-4-12(9)21-14)15(19)18-10-6-5-8(17)7-11(10)20/h5-7,20H,1-4H2,(H,18,19). The van der Waals surface area contributed by atoms with Crippen LogP contribution < -0.4 is 5.32 Å². The van der Waals surface area contributed by atoms with Crippen molar-refractivity contribution in [2.24, 2.45) is 0 Å². The summed E-state index contributed by atoms with van der Waals surface area (Å²) in [5, 5.41) is 2.83. The lowest BCUT2D eigenvalue weighted by Crippen LogP contribution is -2.15. The predicted molar refractivity (Wildman–Crippen MR) is 90.3 cm³/mol. The molecule has 1 aliphatic carbocycles. The van der Waals surface area contributed by atoms with Gasteiger partial charge in [0.1, 0.15) is 5.82 Å². The third kappa shape index (κ3) is 3.03. The van der Waals surface area contributed by atoms with Gasteiger partial charge in [-0.2, -0.15) is 0 Å². The summed E-state index contributed by atoms with van der Waals surface area (Å²) in [5.74, 6) is -0.532. The zero-order chi connectivity index (χ0) is 15.0. The van der Waals surface area contributed by atoms with Crippen LogP contribution in [0.15, 0.2) is 26.9 Å². The number of carbonyl (C=O) groups is 1. The highest BCUT2D eigenvalue weighted by Gasteiger charge is 2.24. The maximum absolute atomic E-state index is 13.1. The molecule has 0 unspecified atom stereocenters. The van der Waals surface area contributed by atoms with Crippen LogP contribution in [0.2, 0.25) is 0 Å². The van der Waals surface area contributed by atoms with Gasteiger partial charge in [-0.15, -0.1) is 24.0 Å². The summed E-state index contributed by atoms with van der Waals surface area (Å²) in [7, 11) is 0. The number of thiophene rings is 1. The average Bonchev–Trinajstić information content (AvgIpc) is 2.77. The second kappa shape index (κ2) is 6.10. The number of anilines is 1. The van der Waals surface area contributed by atoms with E-state index in [0.717, 1.165) is 28.6 Å². The Labute approximate surface area is 140 Å². The molecule has 0 aliphatic heterocycles. The van der Waals surface area contributed by atoms with Gasteiger partial charge in [-0.1, -0.05) is 0 Å². The molecule has 0 spiro atoms. The lowest BCUT2D eigenvalue weighted by molar-refractivity contribution is 0.102. The molecule has 0 atom stereocenters. The Bertz CT molecular complexity index is 714. The van der Waals surface area contributed by atoms with E-state index in [1.54, 1.807) is 11.3 Å². The molecule has 0 saturated carbocycles. The number of hydrogen-bond donors (Lipinski definition) is 2. The third-order valence-electron chi connectivity index (χ3n) is 3.56. The Balaban J connectivity index is 1.90.